The molecule has 1 N–H and O–H groups in total. The zero-order valence-electron chi connectivity index (χ0n) is 23.8. The number of rotatable bonds is 14. The number of methoxy groups -OCH3 is 3. The summed E-state index contributed by atoms with van der Waals surface area (Å²) in [5, 5.41) is 3.96. The van der Waals surface area contributed by atoms with Crippen molar-refractivity contribution in [1.82, 2.24) is 20.1 Å². The van der Waals surface area contributed by atoms with Crippen LogP contribution in [0.4, 0.5) is 0 Å². The maximum atomic E-state index is 12.8. The molecule has 1 aromatic heterocycles. The zero-order valence-corrected chi connectivity index (χ0v) is 24.6. The lowest BCUT2D eigenvalue weighted by Crippen LogP contribution is -2.47. The van der Waals surface area contributed by atoms with Crippen molar-refractivity contribution in [1.29, 1.82) is 0 Å². The summed E-state index contributed by atoms with van der Waals surface area (Å²) in [5.41, 5.74) is 0.573. The molecule has 0 spiro atoms. The summed E-state index contributed by atoms with van der Waals surface area (Å²) in [7, 11) is 4.64. The normalized spacial score (nSPS) is 14.3. The highest BCUT2D eigenvalue weighted by molar-refractivity contribution is 7.97. The molecule has 0 aliphatic carbocycles. The number of hydrogen-bond acceptors (Lipinski definition) is 7. The van der Waals surface area contributed by atoms with Gasteiger partial charge in [0.25, 0.3) is 10.9 Å². The largest absolute Gasteiger partial charge is 0.497 e. The van der Waals surface area contributed by atoms with Gasteiger partial charge in [0.05, 0.1) is 26.4 Å². The van der Waals surface area contributed by atoms with Crippen molar-refractivity contribution < 1.29 is 19.0 Å². The molecule has 0 bridgehead atoms. The molecular weight excluding hydrogens is 524 g/mol. The van der Waals surface area contributed by atoms with Gasteiger partial charge >= 0.3 is 0 Å². The topological polar surface area (TPSA) is 76.2 Å². The first kappa shape index (κ1) is 29.9. The Bertz CT molecular complexity index is 1120. The van der Waals surface area contributed by atoms with Gasteiger partial charge in [0.2, 0.25) is 0 Å². The number of hydrogen-bond donors (Lipinski definition) is 1. The average molecular weight is 566 g/mol. The molecule has 1 amide bonds. The van der Waals surface area contributed by atoms with Gasteiger partial charge in [-0.15, -0.1) is 0 Å². The second kappa shape index (κ2) is 15.6. The fourth-order valence-electron chi connectivity index (χ4n) is 4.66. The average Bonchev–Trinajstić information content (AvgIpc) is 3.01. The van der Waals surface area contributed by atoms with Crippen LogP contribution in [-0.2, 0) is 15.6 Å². The number of ether oxygens (including phenoxy) is 3. The number of carbonyl (C=O) groups is 1. The van der Waals surface area contributed by atoms with E-state index in [4.69, 9.17) is 19.2 Å². The molecule has 1 aliphatic heterocycles. The lowest BCUT2D eigenvalue weighted by molar-refractivity contribution is 0.0937. The predicted octanol–water partition coefficient (Wildman–Crippen LogP) is 3.97. The van der Waals surface area contributed by atoms with E-state index in [1.54, 1.807) is 27.5 Å². The standard InChI is InChI=1S/C31H40N4O4S/c1-37-23-22-35-20-18-34(19-21-35)17-5-4-16-32-31(36)25-6-15-30(33-24-25)40(28-11-7-26(38-2)8-12-28)29-13-9-27(39-3)10-14-29/h6-15,24H,4-5,16-23H2,1-3H3/p+1. The first-order valence-electron chi connectivity index (χ1n) is 13.8. The Morgan fingerprint density at radius 2 is 1.38 bits per heavy atom. The van der Waals surface area contributed by atoms with E-state index in [2.05, 4.69) is 39.4 Å². The number of nitrogens with one attached hydrogen (secondary N) is 1. The molecule has 0 atom stereocenters. The van der Waals surface area contributed by atoms with E-state index in [0.717, 1.165) is 85.0 Å². The molecule has 1 fully saturated rings. The van der Waals surface area contributed by atoms with Crippen LogP contribution < -0.4 is 14.8 Å². The van der Waals surface area contributed by atoms with Crippen LogP contribution in [0.15, 0.2) is 81.7 Å². The molecule has 8 nitrogen and oxygen atoms in total. The highest BCUT2D eigenvalue weighted by atomic mass is 32.2. The van der Waals surface area contributed by atoms with Crippen molar-refractivity contribution in [3.63, 3.8) is 0 Å². The molecular formula is C31H41N4O4S+. The Labute approximate surface area is 241 Å². The maximum absolute atomic E-state index is 12.8. The van der Waals surface area contributed by atoms with E-state index in [0.29, 0.717) is 12.1 Å². The van der Waals surface area contributed by atoms with Crippen LogP contribution in [0.3, 0.4) is 0 Å². The molecule has 1 aliphatic rings. The first-order chi connectivity index (χ1) is 19.6. The quantitative estimate of drug-likeness (QED) is 0.234. The number of pyridine rings is 1. The number of carbonyl (C=O) groups excluding carboxylic acids is 1. The second-order valence-corrected chi connectivity index (χ2v) is 11.7. The first-order valence-corrected chi connectivity index (χ1v) is 15.0. The van der Waals surface area contributed by atoms with Gasteiger partial charge in [0, 0.05) is 58.6 Å². The van der Waals surface area contributed by atoms with Gasteiger partial charge < -0.3 is 24.4 Å². The van der Waals surface area contributed by atoms with Crippen LogP contribution in [0.5, 0.6) is 11.5 Å². The highest BCUT2D eigenvalue weighted by Crippen LogP contribution is 2.32. The summed E-state index contributed by atoms with van der Waals surface area (Å²) in [6.45, 7) is 7.94. The molecule has 2 heterocycles. The summed E-state index contributed by atoms with van der Waals surface area (Å²) >= 11 is 0. The number of piperazine rings is 1. The Hall–Kier alpha value is -3.11. The van der Waals surface area contributed by atoms with E-state index < -0.39 is 10.9 Å². The van der Waals surface area contributed by atoms with Gasteiger partial charge in [-0.1, -0.05) is 0 Å². The fourth-order valence-corrected chi connectivity index (χ4v) is 6.59. The lowest BCUT2D eigenvalue weighted by atomic mass is 10.2. The van der Waals surface area contributed by atoms with E-state index in [1.807, 2.05) is 36.4 Å². The summed E-state index contributed by atoms with van der Waals surface area (Å²) in [4.78, 5) is 24.7. The van der Waals surface area contributed by atoms with Gasteiger partial charge in [0.1, 0.15) is 22.4 Å². The molecule has 0 radical (unpaired) electrons. The lowest BCUT2D eigenvalue weighted by Gasteiger charge is -2.34. The molecule has 2 aromatic carbocycles. The van der Waals surface area contributed by atoms with Crippen LogP contribution >= 0.6 is 0 Å². The molecule has 214 valence electrons. The SMILES string of the molecule is COCCN1CCN(CCCCNC(=O)c2ccc([S+](c3ccc(OC)cc3)c3ccc(OC)cc3)nc2)CC1. The van der Waals surface area contributed by atoms with E-state index in [-0.39, 0.29) is 5.91 Å². The smallest absolute Gasteiger partial charge is 0.258 e. The third-order valence-electron chi connectivity index (χ3n) is 7.06. The predicted molar refractivity (Wildman–Crippen MR) is 159 cm³/mol. The minimum atomic E-state index is -0.439. The van der Waals surface area contributed by atoms with Crippen LogP contribution in [0.1, 0.15) is 23.2 Å². The third-order valence-corrected chi connectivity index (χ3v) is 9.21. The van der Waals surface area contributed by atoms with E-state index >= 15 is 0 Å². The van der Waals surface area contributed by atoms with Crippen molar-refractivity contribution in [2.45, 2.75) is 27.7 Å². The van der Waals surface area contributed by atoms with Crippen LogP contribution in [0.25, 0.3) is 0 Å². The maximum Gasteiger partial charge on any atom is 0.258 e. The van der Waals surface area contributed by atoms with Crippen molar-refractivity contribution in [2.75, 3.05) is 73.7 Å². The number of benzene rings is 2. The van der Waals surface area contributed by atoms with Gasteiger partial charge in [-0.05, 0) is 74.0 Å². The zero-order chi connectivity index (χ0) is 28.2. The Kier molecular flexibility index (Phi) is 11.7. The van der Waals surface area contributed by atoms with Gasteiger partial charge in [-0.25, -0.2) is 4.98 Å². The minimum absolute atomic E-state index is 0.0837. The molecule has 40 heavy (non-hydrogen) atoms. The summed E-state index contributed by atoms with van der Waals surface area (Å²) in [5.74, 6) is 1.53. The molecule has 3 aromatic rings. The molecule has 4 rings (SSSR count). The number of unbranched alkanes of at least 4 members (excludes halogenated alkanes) is 1. The van der Waals surface area contributed by atoms with Crippen molar-refractivity contribution in [2.24, 2.45) is 0 Å². The Morgan fingerprint density at radius 1 is 0.800 bits per heavy atom. The van der Waals surface area contributed by atoms with Gasteiger partial charge in [-0.3, -0.25) is 9.69 Å². The number of aromatic nitrogens is 1. The summed E-state index contributed by atoms with van der Waals surface area (Å²) < 4.78 is 15.9. The fraction of sp³-hybridized carbons (Fsp3) is 0.419. The Balaban J connectivity index is 1.30. The summed E-state index contributed by atoms with van der Waals surface area (Å²) in [6, 6.07) is 19.9. The number of nitrogens with zero attached hydrogens (tertiary/aromatic N) is 3. The van der Waals surface area contributed by atoms with Crippen molar-refractivity contribution >= 4 is 16.8 Å². The van der Waals surface area contributed by atoms with Crippen molar-refractivity contribution in [3.05, 3.63) is 72.4 Å². The Morgan fingerprint density at radius 3 is 1.88 bits per heavy atom. The monoisotopic (exact) mass is 565 g/mol. The third kappa shape index (κ3) is 8.44. The van der Waals surface area contributed by atoms with Crippen LogP contribution in [-0.4, -0.2) is 94.4 Å². The van der Waals surface area contributed by atoms with Crippen molar-refractivity contribution in [3.8, 4) is 11.5 Å². The summed E-state index contributed by atoms with van der Waals surface area (Å²) in [6.07, 6.45) is 3.71. The molecule has 1 saturated heterocycles. The van der Waals surface area contributed by atoms with Gasteiger partial charge in [0.15, 0.2) is 9.79 Å². The van der Waals surface area contributed by atoms with Crippen LogP contribution in [0, 0.1) is 0 Å². The molecule has 9 heteroatoms. The number of amides is 1. The minimum Gasteiger partial charge on any atom is -0.497 e. The van der Waals surface area contributed by atoms with E-state index in [9.17, 15) is 4.79 Å². The van der Waals surface area contributed by atoms with E-state index in [1.165, 1.54) is 0 Å². The molecule has 0 unspecified atom stereocenters. The van der Waals surface area contributed by atoms with Gasteiger partial charge in [-0.2, -0.15) is 0 Å². The second-order valence-electron chi connectivity index (χ2n) is 9.68. The molecule has 0 saturated carbocycles. The highest BCUT2D eigenvalue weighted by Gasteiger charge is 2.30. The van der Waals surface area contributed by atoms with Crippen LogP contribution in [0.2, 0.25) is 0 Å².